The zero-order valence-electron chi connectivity index (χ0n) is 11.7. The lowest BCUT2D eigenvalue weighted by molar-refractivity contribution is 0.444. The third-order valence-electron chi connectivity index (χ3n) is 3.25. The van der Waals surface area contributed by atoms with Gasteiger partial charge in [-0.2, -0.15) is 0 Å². The first-order valence-electron chi connectivity index (χ1n) is 6.80. The Hall–Kier alpha value is -0.430. The smallest absolute Gasteiger partial charge is 0.241 e. The summed E-state index contributed by atoms with van der Waals surface area (Å²) in [5.41, 5.74) is 5.50. The van der Waals surface area contributed by atoms with Crippen molar-refractivity contribution in [3.63, 3.8) is 0 Å². The Labute approximate surface area is 120 Å². The lowest BCUT2D eigenvalue weighted by Gasteiger charge is -2.14. The summed E-state index contributed by atoms with van der Waals surface area (Å²) in [4.78, 5) is 1.22. The maximum atomic E-state index is 12.1. The molecule has 0 amide bonds. The van der Waals surface area contributed by atoms with Gasteiger partial charge in [0.1, 0.15) is 0 Å². The second-order valence-electron chi connectivity index (χ2n) is 4.72. The Kier molecular flexibility index (Phi) is 6.99. The van der Waals surface area contributed by atoms with Crippen molar-refractivity contribution < 1.29 is 8.42 Å². The van der Waals surface area contributed by atoms with Crippen molar-refractivity contribution in [2.24, 2.45) is 11.7 Å². The average molecular weight is 304 g/mol. The number of nitrogens with two attached hydrogens (primary N) is 1. The van der Waals surface area contributed by atoms with Crippen molar-refractivity contribution in [3.8, 4) is 0 Å². The Balaban J connectivity index is 2.59. The Morgan fingerprint density at radius 1 is 1.42 bits per heavy atom. The van der Waals surface area contributed by atoms with Gasteiger partial charge in [-0.05, 0) is 18.4 Å². The van der Waals surface area contributed by atoms with Crippen LogP contribution in [0.2, 0.25) is 0 Å². The molecule has 110 valence electrons. The minimum absolute atomic E-state index is 0.336. The molecule has 0 fully saturated rings. The summed E-state index contributed by atoms with van der Waals surface area (Å²) >= 11 is 1.39. The molecular weight excluding hydrogens is 280 g/mol. The number of sulfonamides is 1. The van der Waals surface area contributed by atoms with Gasteiger partial charge in [0.15, 0.2) is 0 Å². The van der Waals surface area contributed by atoms with Gasteiger partial charge < -0.3 is 5.73 Å². The fraction of sp³-hybridized carbons (Fsp3) is 0.692. The summed E-state index contributed by atoms with van der Waals surface area (Å²) in [5.74, 6) is 0.419. The van der Waals surface area contributed by atoms with Gasteiger partial charge in [-0.15, -0.1) is 11.3 Å². The molecule has 1 atom stereocenters. The zero-order chi connectivity index (χ0) is 14.3. The largest absolute Gasteiger partial charge is 0.326 e. The van der Waals surface area contributed by atoms with Crippen molar-refractivity contribution in [1.29, 1.82) is 0 Å². The van der Waals surface area contributed by atoms with Crippen LogP contribution in [0.3, 0.4) is 0 Å². The monoisotopic (exact) mass is 304 g/mol. The van der Waals surface area contributed by atoms with Crippen molar-refractivity contribution in [3.05, 3.63) is 16.3 Å². The van der Waals surface area contributed by atoms with Gasteiger partial charge in [-0.3, -0.25) is 0 Å². The van der Waals surface area contributed by atoms with Gasteiger partial charge in [0, 0.05) is 23.3 Å². The second-order valence-corrected chi connectivity index (χ2v) is 7.48. The highest BCUT2D eigenvalue weighted by atomic mass is 32.2. The van der Waals surface area contributed by atoms with Gasteiger partial charge >= 0.3 is 0 Å². The van der Waals surface area contributed by atoms with E-state index in [4.69, 9.17) is 5.73 Å². The minimum Gasteiger partial charge on any atom is -0.326 e. The van der Waals surface area contributed by atoms with E-state index in [1.165, 1.54) is 11.3 Å². The topological polar surface area (TPSA) is 72.2 Å². The van der Waals surface area contributed by atoms with E-state index in [2.05, 4.69) is 18.6 Å². The Bertz CT molecular complexity index is 469. The average Bonchev–Trinajstić information content (AvgIpc) is 2.88. The van der Waals surface area contributed by atoms with Gasteiger partial charge in [0.2, 0.25) is 10.0 Å². The Morgan fingerprint density at radius 3 is 2.68 bits per heavy atom. The van der Waals surface area contributed by atoms with Crippen molar-refractivity contribution in [1.82, 2.24) is 4.72 Å². The van der Waals surface area contributed by atoms with Crippen molar-refractivity contribution in [2.75, 3.05) is 6.54 Å². The van der Waals surface area contributed by atoms with E-state index in [9.17, 15) is 8.42 Å². The normalized spacial score (nSPS) is 13.6. The number of hydrogen-bond donors (Lipinski definition) is 2. The first-order chi connectivity index (χ1) is 9.03. The predicted molar refractivity (Wildman–Crippen MR) is 80.7 cm³/mol. The molecule has 0 spiro atoms. The number of hydrogen-bond acceptors (Lipinski definition) is 4. The van der Waals surface area contributed by atoms with E-state index in [0.29, 0.717) is 23.9 Å². The van der Waals surface area contributed by atoms with Crippen LogP contribution >= 0.6 is 11.3 Å². The summed E-state index contributed by atoms with van der Waals surface area (Å²) < 4.78 is 26.9. The molecule has 0 aliphatic heterocycles. The molecule has 0 radical (unpaired) electrons. The second kappa shape index (κ2) is 7.99. The minimum atomic E-state index is -3.37. The molecule has 3 N–H and O–H groups in total. The molecule has 4 nitrogen and oxygen atoms in total. The molecule has 0 saturated heterocycles. The molecule has 1 aromatic heterocycles. The van der Waals surface area contributed by atoms with E-state index in [1.54, 1.807) is 11.4 Å². The fourth-order valence-electron chi connectivity index (χ4n) is 1.86. The molecule has 0 saturated carbocycles. The number of nitrogens with one attached hydrogen (secondary N) is 1. The highest BCUT2D eigenvalue weighted by Gasteiger charge is 2.17. The van der Waals surface area contributed by atoms with Gasteiger partial charge in [0.25, 0.3) is 0 Å². The SMILES string of the molecule is CCCCC(CC)CNS(=O)(=O)c1csc(CN)c1. The van der Waals surface area contributed by atoms with Crippen molar-refractivity contribution in [2.45, 2.75) is 51.0 Å². The fourth-order valence-corrected chi connectivity index (χ4v) is 4.13. The summed E-state index contributed by atoms with van der Waals surface area (Å²) in [5, 5.41) is 1.65. The molecule has 0 aromatic carbocycles. The summed E-state index contributed by atoms with van der Waals surface area (Å²) in [6.07, 6.45) is 4.37. The van der Waals surface area contributed by atoms with E-state index in [1.807, 2.05) is 0 Å². The highest BCUT2D eigenvalue weighted by molar-refractivity contribution is 7.89. The van der Waals surface area contributed by atoms with E-state index in [-0.39, 0.29) is 0 Å². The quantitative estimate of drug-likeness (QED) is 0.737. The first kappa shape index (κ1) is 16.6. The maximum Gasteiger partial charge on any atom is 0.241 e. The van der Waals surface area contributed by atoms with Crippen LogP contribution in [0.1, 0.15) is 44.4 Å². The van der Waals surface area contributed by atoms with E-state index < -0.39 is 10.0 Å². The molecule has 1 aromatic rings. The standard InChI is InChI=1S/C13H24N2O2S2/c1-3-5-6-11(4-2)9-15-19(16,17)13-7-12(8-14)18-10-13/h7,10-11,15H,3-6,8-9,14H2,1-2H3. The molecular formula is C13H24N2O2S2. The van der Waals surface area contributed by atoms with Crippen LogP contribution in [0.15, 0.2) is 16.3 Å². The Morgan fingerprint density at radius 2 is 2.16 bits per heavy atom. The molecule has 1 rings (SSSR count). The van der Waals surface area contributed by atoms with Crippen LogP contribution in [0, 0.1) is 5.92 Å². The lowest BCUT2D eigenvalue weighted by atomic mass is 10.00. The van der Waals surface area contributed by atoms with Crippen LogP contribution in [0.4, 0.5) is 0 Å². The molecule has 6 heteroatoms. The number of rotatable bonds is 9. The van der Waals surface area contributed by atoms with Gasteiger partial charge in [0.05, 0.1) is 4.90 Å². The summed E-state index contributed by atoms with van der Waals surface area (Å²) in [6.45, 7) is 5.16. The van der Waals surface area contributed by atoms with Crippen LogP contribution in [-0.2, 0) is 16.6 Å². The molecule has 19 heavy (non-hydrogen) atoms. The third kappa shape index (κ3) is 5.22. The van der Waals surface area contributed by atoms with Crippen LogP contribution < -0.4 is 10.5 Å². The summed E-state index contributed by atoms with van der Waals surface area (Å²) in [6, 6.07) is 1.65. The van der Waals surface area contributed by atoms with Gasteiger partial charge in [-0.25, -0.2) is 13.1 Å². The van der Waals surface area contributed by atoms with Gasteiger partial charge in [-0.1, -0.05) is 33.1 Å². The molecule has 1 unspecified atom stereocenters. The first-order valence-corrected chi connectivity index (χ1v) is 9.16. The maximum absolute atomic E-state index is 12.1. The van der Waals surface area contributed by atoms with E-state index in [0.717, 1.165) is 30.6 Å². The molecule has 0 bridgehead atoms. The molecule has 0 aliphatic carbocycles. The highest BCUT2D eigenvalue weighted by Crippen LogP contribution is 2.19. The number of unbranched alkanes of at least 4 members (excludes halogenated alkanes) is 1. The number of thiophene rings is 1. The molecule has 1 heterocycles. The van der Waals surface area contributed by atoms with Crippen LogP contribution in [0.5, 0.6) is 0 Å². The molecule has 0 aliphatic rings. The van der Waals surface area contributed by atoms with Crippen LogP contribution in [-0.4, -0.2) is 15.0 Å². The third-order valence-corrected chi connectivity index (χ3v) is 5.76. The van der Waals surface area contributed by atoms with E-state index >= 15 is 0 Å². The lowest BCUT2D eigenvalue weighted by Crippen LogP contribution is -2.29. The van der Waals surface area contributed by atoms with Crippen LogP contribution in [0.25, 0.3) is 0 Å². The summed E-state index contributed by atoms with van der Waals surface area (Å²) in [7, 11) is -3.37. The predicted octanol–water partition coefficient (Wildman–Crippen LogP) is 2.70. The van der Waals surface area contributed by atoms with Crippen molar-refractivity contribution >= 4 is 21.4 Å². The zero-order valence-corrected chi connectivity index (χ0v) is 13.3.